The van der Waals surface area contributed by atoms with E-state index in [2.05, 4.69) is 88.4 Å². The number of rotatable bonds is 2. The van der Waals surface area contributed by atoms with Crippen LogP contribution in [0.3, 0.4) is 0 Å². The highest BCUT2D eigenvalue weighted by atomic mass is 14.3. The second-order valence-corrected chi connectivity index (χ2v) is 6.23. The zero-order valence-electron chi connectivity index (χ0n) is 13.8. The van der Waals surface area contributed by atoms with Crippen LogP contribution in [-0.4, -0.2) is 0 Å². The minimum absolute atomic E-state index is 1.31. The van der Waals surface area contributed by atoms with Gasteiger partial charge in [-0.05, 0) is 61.1 Å². The quantitative estimate of drug-likeness (QED) is 0.609. The summed E-state index contributed by atoms with van der Waals surface area (Å²) in [4.78, 5) is 0. The molecule has 0 aliphatic heterocycles. The van der Waals surface area contributed by atoms with E-state index in [4.69, 9.17) is 0 Å². The molecule has 0 unspecified atom stereocenters. The Bertz CT molecular complexity index is 707. The Labute approximate surface area is 133 Å². The van der Waals surface area contributed by atoms with Gasteiger partial charge in [0.1, 0.15) is 0 Å². The normalized spacial score (nSPS) is 14.0. The molecular formula is C22H22. The molecule has 0 bridgehead atoms. The van der Waals surface area contributed by atoms with Gasteiger partial charge in [0.05, 0.1) is 0 Å². The minimum Gasteiger partial charge on any atom is -0.0679 e. The molecule has 1 aliphatic rings. The third-order valence-electron chi connectivity index (χ3n) is 4.12. The number of hydrogen-bond donors (Lipinski definition) is 0. The fourth-order valence-corrected chi connectivity index (χ4v) is 3.22. The Kier molecular flexibility index (Phi) is 3.85. The van der Waals surface area contributed by atoms with Crippen molar-refractivity contribution in [3.8, 4) is 0 Å². The van der Waals surface area contributed by atoms with Crippen LogP contribution in [0.15, 0.2) is 83.0 Å². The van der Waals surface area contributed by atoms with Gasteiger partial charge < -0.3 is 0 Å². The van der Waals surface area contributed by atoms with Crippen LogP contribution in [0.4, 0.5) is 0 Å². The molecule has 2 aromatic rings. The smallest absolute Gasteiger partial charge is 0.00210 e. The predicted molar refractivity (Wildman–Crippen MR) is 96.4 cm³/mol. The summed E-state index contributed by atoms with van der Waals surface area (Å²) in [7, 11) is 0. The molecule has 0 heterocycles. The molecule has 0 spiro atoms. The molecule has 0 saturated heterocycles. The van der Waals surface area contributed by atoms with E-state index < -0.39 is 0 Å². The first-order valence-corrected chi connectivity index (χ1v) is 7.82. The molecule has 0 atom stereocenters. The lowest BCUT2D eigenvalue weighted by Crippen LogP contribution is -2.14. The van der Waals surface area contributed by atoms with Crippen molar-refractivity contribution in [3.63, 3.8) is 0 Å². The van der Waals surface area contributed by atoms with E-state index in [1.54, 1.807) is 0 Å². The van der Waals surface area contributed by atoms with Crippen LogP contribution in [0.2, 0.25) is 0 Å². The van der Waals surface area contributed by atoms with E-state index in [9.17, 15) is 0 Å². The SMILES string of the molecule is CC(C)=C1C(=C(C)C)C(c2ccccc2)=C1c1ccccc1. The highest BCUT2D eigenvalue weighted by Crippen LogP contribution is 2.53. The van der Waals surface area contributed by atoms with Crippen molar-refractivity contribution in [1.29, 1.82) is 0 Å². The minimum atomic E-state index is 1.31. The molecule has 0 aromatic heterocycles. The van der Waals surface area contributed by atoms with Crippen molar-refractivity contribution in [2.75, 3.05) is 0 Å². The molecule has 0 amide bonds. The van der Waals surface area contributed by atoms with Crippen LogP contribution in [0.5, 0.6) is 0 Å². The second-order valence-electron chi connectivity index (χ2n) is 6.23. The summed E-state index contributed by atoms with van der Waals surface area (Å²) in [5.41, 5.74) is 11.0. The summed E-state index contributed by atoms with van der Waals surface area (Å²) in [5.74, 6) is 0. The predicted octanol–water partition coefficient (Wildman–Crippen LogP) is 6.28. The summed E-state index contributed by atoms with van der Waals surface area (Å²) in [6.45, 7) is 8.85. The van der Waals surface area contributed by atoms with Crippen LogP contribution >= 0.6 is 0 Å². The summed E-state index contributed by atoms with van der Waals surface area (Å²) < 4.78 is 0. The molecule has 0 nitrogen and oxygen atoms in total. The summed E-state index contributed by atoms with van der Waals surface area (Å²) in [6.07, 6.45) is 0. The van der Waals surface area contributed by atoms with Gasteiger partial charge in [0.2, 0.25) is 0 Å². The molecule has 0 heteroatoms. The van der Waals surface area contributed by atoms with Crippen molar-refractivity contribution in [2.24, 2.45) is 0 Å². The fourth-order valence-electron chi connectivity index (χ4n) is 3.22. The van der Waals surface area contributed by atoms with Gasteiger partial charge in [-0.3, -0.25) is 0 Å². The van der Waals surface area contributed by atoms with Crippen LogP contribution < -0.4 is 0 Å². The van der Waals surface area contributed by atoms with E-state index >= 15 is 0 Å². The molecule has 0 N–H and O–H groups in total. The van der Waals surface area contributed by atoms with Crippen LogP contribution in [-0.2, 0) is 0 Å². The molecule has 3 rings (SSSR count). The Balaban J connectivity index is 2.34. The van der Waals surface area contributed by atoms with E-state index in [0.717, 1.165) is 0 Å². The molecule has 0 radical (unpaired) electrons. The van der Waals surface area contributed by atoms with Gasteiger partial charge in [-0.2, -0.15) is 0 Å². The summed E-state index contributed by atoms with van der Waals surface area (Å²) >= 11 is 0. The van der Waals surface area contributed by atoms with Crippen LogP contribution in [0.25, 0.3) is 11.1 Å². The maximum absolute atomic E-state index is 2.21. The number of allylic oxidation sites excluding steroid dienone is 6. The molecule has 22 heavy (non-hydrogen) atoms. The van der Waals surface area contributed by atoms with Crippen molar-refractivity contribution in [3.05, 3.63) is 94.1 Å². The lowest BCUT2D eigenvalue weighted by Gasteiger charge is -2.34. The topological polar surface area (TPSA) is 0 Å². The molecule has 2 aromatic carbocycles. The molecule has 0 fully saturated rings. The standard InChI is InChI=1S/C22H22/c1-15(2)19-20(16(3)4)22(18-13-9-6-10-14-18)21(19)17-11-7-5-8-12-17/h5-14H,1-4H3. The molecular weight excluding hydrogens is 264 g/mol. The largest absolute Gasteiger partial charge is 0.0679 e. The van der Waals surface area contributed by atoms with Gasteiger partial charge in [0.25, 0.3) is 0 Å². The maximum atomic E-state index is 2.21. The molecule has 0 saturated carbocycles. The first-order chi connectivity index (χ1) is 10.6. The number of hydrogen-bond acceptors (Lipinski definition) is 0. The van der Waals surface area contributed by atoms with Gasteiger partial charge >= 0.3 is 0 Å². The Morgan fingerprint density at radius 2 is 0.818 bits per heavy atom. The van der Waals surface area contributed by atoms with Crippen molar-refractivity contribution >= 4 is 11.1 Å². The Morgan fingerprint density at radius 1 is 0.500 bits per heavy atom. The van der Waals surface area contributed by atoms with Crippen LogP contribution in [0.1, 0.15) is 38.8 Å². The maximum Gasteiger partial charge on any atom is -0.00210 e. The highest BCUT2D eigenvalue weighted by Gasteiger charge is 2.32. The third-order valence-corrected chi connectivity index (χ3v) is 4.12. The third kappa shape index (κ3) is 2.35. The Morgan fingerprint density at radius 3 is 1.09 bits per heavy atom. The fraction of sp³-hybridized carbons (Fsp3) is 0.182. The van der Waals surface area contributed by atoms with E-state index in [-0.39, 0.29) is 0 Å². The van der Waals surface area contributed by atoms with E-state index in [1.165, 1.54) is 44.6 Å². The molecule has 110 valence electrons. The average Bonchev–Trinajstić information content (AvgIpc) is 2.47. The van der Waals surface area contributed by atoms with E-state index in [1.807, 2.05) is 0 Å². The monoisotopic (exact) mass is 286 g/mol. The first kappa shape index (κ1) is 14.6. The van der Waals surface area contributed by atoms with E-state index in [0.29, 0.717) is 0 Å². The van der Waals surface area contributed by atoms with Crippen LogP contribution in [0, 0.1) is 0 Å². The summed E-state index contributed by atoms with van der Waals surface area (Å²) in [5, 5.41) is 0. The van der Waals surface area contributed by atoms with Gasteiger partial charge in [-0.1, -0.05) is 71.8 Å². The lowest BCUT2D eigenvalue weighted by molar-refractivity contribution is 1.23. The second kappa shape index (κ2) is 5.81. The average molecular weight is 286 g/mol. The lowest BCUT2D eigenvalue weighted by atomic mass is 9.68. The zero-order valence-corrected chi connectivity index (χ0v) is 13.8. The van der Waals surface area contributed by atoms with Gasteiger partial charge in [-0.15, -0.1) is 0 Å². The van der Waals surface area contributed by atoms with Gasteiger partial charge in [0.15, 0.2) is 0 Å². The molecule has 1 aliphatic carbocycles. The highest BCUT2D eigenvalue weighted by molar-refractivity contribution is 6.18. The number of benzene rings is 2. The van der Waals surface area contributed by atoms with Gasteiger partial charge in [-0.25, -0.2) is 0 Å². The van der Waals surface area contributed by atoms with Crippen molar-refractivity contribution < 1.29 is 0 Å². The van der Waals surface area contributed by atoms with Crippen molar-refractivity contribution in [2.45, 2.75) is 27.7 Å². The van der Waals surface area contributed by atoms with Crippen molar-refractivity contribution in [1.82, 2.24) is 0 Å². The zero-order chi connectivity index (χ0) is 15.7. The first-order valence-electron chi connectivity index (χ1n) is 7.82. The Hall–Kier alpha value is -2.34. The summed E-state index contributed by atoms with van der Waals surface area (Å²) in [6, 6.07) is 21.5. The van der Waals surface area contributed by atoms with Gasteiger partial charge in [0, 0.05) is 0 Å².